The molecule has 0 saturated heterocycles. The summed E-state index contributed by atoms with van der Waals surface area (Å²) < 4.78 is 10.2. The first-order chi connectivity index (χ1) is 8.24. The molecule has 0 fully saturated rings. The zero-order valence-corrected chi connectivity index (χ0v) is 10.1. The second-order valence-corrected chi connectivity index (χ2v) is 3.69. The molecule has 0 radical (unpaired) electrons. The molecule has 1 rings (SSSR count). The van der Waals surface area contributed by atoms with Crippen molar-refractivity contribution >= 4 is 5.97 Å². The van der Waals surface area contributed by atoms with Gasteiger partial charge >= 0.3 is 5.97 Å². The largest absolute Gasteiger partial charge is 0.487 e. The molecule has 0 amide bonds. The normalized spacial score (nSPS) is 9.71. The number of rotatable bonds is 7. The van der Waals surface area contributed by atoms with Gasteiger partial charge in [-0.1, -0.05) is 43.7 Å². The van der Waals surface area contributed by atoms with Gasteiger partial charge in [0.2, 0.25) is 0 Å². The Bertz CT molecular complexity index is 357. The highest BCUT2D eigenvalue weighted by molar-refractivity contribution is 5.85. The van der Waals surface area contributed by atoms with E-state index >= 15 is 0 Å². The van der Waals surface area contributed by atoms with Gasteiger partial charge in [-0.25, -0.2) is 4.79 Å². The van der Waals surface area contributed by atoms with Crippen LogP contribution in [0.4, 0.5) is 0 Å². The second kappa shape index (κ2) is 7.49. The van der Waals surface area contributed by atoms with E-state index in [1.54, 1.807) is 0 Å². The summed E-state index contributed by atoms with van der Waals surface area (Å²) in [4.78, 5) is 11.5. The van der Waals surface area contributed by atoms with Crippen LogP contribution >= 0.6 is 0 Å². The van der Waals surface area contributed by atoms with E-state index in [0.717, 1.165) is 18.4 Å². The minimum Gasteiger partial charge on any atom is -0.487 e. The van der Waals surface area contributed by atoms with Crippen LogP contribution in [0.5, 0.6) is 0 Å². The van der Waals surface area contributed by atoms with Crippen LogP contribution < -0.4 is 0 Å². The number of hydrogen-bond donors (Lipinski definition) is 0. The topological polar surface area (TPSA) is 35.5 Å². The maximum Gasteiger partial charge on any atom is 0.373 e. The molecule has 0 atom stereocenters. The number of esters is 1. The van der Waals surface area contributed by atoms with Crippen LogP contribution in [-0.2, 0) is 20.9 Å². The minimum absolute atomic E-state index is 0.0781. The molecule has 0 spiro atoms. The van der Waals surface area contributed by atoms with Crippen LogP contribution in [-0.4, -0.2) is 12.6 Å². The minimum atomic E-state index is -0.495. The van der Waals surface area contributed by atoms with E-state index in [2.05, 4.69) is 13.5 Å². The Morgan fingerprint density at radius 3 is 2.59 bits per heavy atom. The summed E-state index contributed by atoms with van der Waals surface area (Å²) in [7, 11) is 0. The molecule has 0 bridgehead atoms. The first-order valence-corrected chi connectivity index (χ1v) is 5.76. The quantitative estimate of drug-likeness (QED) is 0.315. The third-order valence-corrected chi connectivity index (χ3v) is 2.21. The van der Waals surface area contributed by atoms with Crippen LogP contribution in [0.2, 0.25) is 0 Å². The van der Waals surface area contributed by atoms with Crippen LogP contribution in [0.1, 0.15) is 25.3 Å². The standard InChI is InChI=1S/C14H18O3/c1-3-4-10-16-12(2)14(15)17-11-13-8-6-5-7-9-13/h5-9H,2-4,10-11H2,1H3. The predicted molar refractivity (Wildman–Crippen MR) is 66.2 cm³/mol. The Morgan fingerprint density at radius 1 is 1.24 bits per heavy atom. The monoisotopic (exact) mass is 234 g/mol. The fourth-order valence-corrected chi connectivity index (χ4v) is 1.20. The van der Waals surface area contributed by atoms with Crippen molar-refractivity contribution in [1.29, 1.82) is 0 Å². The summed E-state index contributed by atoms with van der Waals surface area (Å²) in [6, 6.07) is 9.51. The number of ether oxygens (including phenoxy) is 2. The van der Waals surface area contributed by atoms with E-state index in [4.69, 9.17) is 9.47 Å². The lowest BCUT2D eigenvalue weighted by atomic mass is 10.2. The van der Waals surface area contributed by atoms with Gasteiger partial charge in [0, 0.05) is 0 Å². The SMILES string of the molecule is C=C(OCCCC)C(=O)OCc1ccccc1. The summed E-state index contributed by atoms with van der Waals surface area (Å²) in [5.41, 5.74) is 0.946. The smallest absolute Gasteiger partial charge is 0.373 e. The molecule has 1 aromatic rings. The summed E-state index contributed by atoms with van der Waals surface area (Å²) in [6.07, 6.45) is 1.93. The molecule has 17 heavy (non-hydrogen) atoms. The first kappa shape index (κ1) is 13.3. The number of benzene rings is 1. The van der Waals surface area contributed by atoms with Gasteiger partial charge < -0.3 is 9.47 Å². The molecule has 0 aromatic heterocycles. The first-order valence-electron chi connectivity index (χ1n) is 5.76. The molecule has 0 aliphatic carbocycles. The molecular formula is C14H18O3. The molecule has 92 valence electrons. The lowest BCUT2D eigenvalue weighted by Crippen LogP contribution is -2.10. The number of unbranched alkanes of at least 4 members (excludes halogenated alkanes) is 1. The summed E-state index contributed by atoms with van der Waals surface area (Å²) >= 11 is 0. The van der Waals surface area contributed by atoms with E-state index in [0.29, 0.717) is 6.61 Å². The van der Waals surface area contributed by atoms with Crippen LogP contribution in [0.15, 0.2) is 42.7 Å². The lowest BCUT2D eigenvalue weighted by Gasteiger charge is -2.08. The van der Waals surface area contributed by atoms with Crippen molar-refractivity contribution in [2.45, 2.75) is 26.4 Å². The number of carbonyl (C=O) groups excluding carboxylic acids is 1. The molecule has 0 unspecified atom stereocenters. The van der Waals surface area contributed by atoms with Crippen molar-refractivity contribution in [3.05, 3.63) is 48.2 Å². The predicted octanol–water partition coefficient (Wildman–Crippen LogP) is 3.06. The Morgan fingerprint density at radius 2 is 1.94 bits per heavy atom. The maximum absolute atomic E-state index is 11.5. The maximum atomic E-state index is 11.5. The van der Waals surface area contributed by atoms with Crippen molar-refractivity contribution < 1.29 is 14.3 Å². The highest BCUT2D eigenvalue weighted by Crippen LogP contribution is 2.05. The van der Waals surface area contributed by atoms with Crippen molar-refractivity contribution in [2.24, 2.45) is 0 Å². The van der Waals surface area contributed by atoms with Crippen LogP contribution in [0.3, 0.4) is 0 Å². The van der Waals surface area contributed by atoms with E-state index in [1.165, 1.54) is 0 Å². The summed E-state index contributed by atoms with van der Waals surface area (Å²) in [6.45, 7) is 6.35. The summed E-state index contributed by atoms with van der Waals surface area (Å²) in [5.74, 6) is -0.417. The molecule has 0 saturated carbocycles. The molecule has 0 heterocycles. The molecule has 0 aliphatic rings. The van der Waals surface area contributed by atoms with E-state index < -0.39 is 5.97 Å². The van der Waals surface area contributed by atoms with Gasteiger partial charge in [0.1, 0.15) is 6.61 Å². The van der Waals surface area contributed by atoms with Crippen molar-refractivity contribution in [3.63, 3.8) is 0 Å². The van der Waals surface area contributed by atoms with E-state index in [9.17, 15) is 4.79 Å². The Hall–Kier alpha value is -1.77. The average molecular weight is 234 g/mol. The third-order valence-electron chi connectivity index (χ3n) is 2.21. The van der Waals surface area contributed by atoms with Gasteiger partial charge in [-0.2, -0.15) is 0 Å². The molecule has 0 N–H and O–H groups in total. The van der Waals surface area contributed by atoms with Crippen LogP contribution in [0.25, 0.3) is 0 Å². The summed E-state index contributed by atoms with van der Waals surface area (Å²) in [5, 5.41) is 0. The Kier molecular flexibility index (Phi) is 5.86. The van der Waals surface area contributed by atoms with Crippen molar-refractivity contribution in [3.8, 4) is 0 Å². The molecule has 3 nitrogen and oxygen atoms in total. The zero-order valence-electron chi connectivity index (χ0n) is 10.1. The van der Waals surface area contributed by atoms with Crippen molar-refractivity contribution in [2.75, 3.05) is 6.61 Å². The van der Waals surface area contributed by atoms with Crippen LogP contribution in [0, 0.1) is 0 Å². The Labute approximate surface area is 102 Å². The second-order valence-electron chi connectivity index (χ2n) is 3.69. The molecule has 1 aromatic carbocycles. The molecule has 0 aliphatic heterocycles. The average Bonchev–Trinajstić information content (AvgIpc) is 2.37. The van der Waals surface area contributed by atoms with Gasteiger partial charge in [-0.15, -0.1) is 0 Å². The van der Waals surface area contributed by atoms with Gasteiger partial charge in [0.15, 0.2) is 5.76 Å². The van der Waals surface area contributed by atoms with Gasteiger partial charge in [-0.3, -0.25) is 0 Å². The van der Waals surface area contributed by atoms with E-state index in [1.807, 2.05) is 30.3 Å². The highest BCUT2D eigenvalue weighted by Gasteiger charge is 2.09. The van der Waals surface area contributed by atoms with Gasteiger partial charge in [0.05, 0.1) is 6.61 Å². The van der Waals surface area contributed by atoms with E-state index in [-0.39, 0.29) is 12.4 Å². The highest BCUT2D eigenvalue weighted by atomic mass is 16.6. The molecule has 3 heteroatoms. The lowest BCUT2D eigenvalue weighted by molar-refractivity contribution is -0.144. The molecular weight excluding hydrogens is 216 g/mol. The fourth-order valence-electron chi connectivity index (χ4n) is 1.20. The fraction of sp³-hybridized carbons (Fsp3) is 0.357. The zero-order chi connectivity index (χ0) is 12.5. The number of hydrogen-bond acceptors (Lipinski definition) is 3. The Balaban J connectivity index is 2.27. The van der Waals surface area contributed by atoms with Gasteiger partial charge in [-0.05, 0) is 18.6 Å². The third kappa shape index (κ3) is 5.20. The van der Waals surface area contributed by atoms with Gasteiger partial charge in [0.25, 0.3) is 0 Å². The van der Waals surface area contributed by atoms with Crippen molar-refractivity contribution in [1.82, 2.24) is 0 Å². The number of carbonyl (C=O) groups is 1.